The minimum Gasteiger partial charge on any atom is -0.480 e. The van der Waals surface area contributed by atoms with Gasteiger partial charge in [-0.15, -0.1) is 0 Å². The normalized spacial score (nSPS) is 17.3. The van der Waals surface area contributed by atoms with Crippen LogP contribution in [0, 0.1) is 0 Å². The molecule has 1 aliphatic rings. The lowest BCUT2D eigenvalue weighted by molar-refractivity contribution is -0.138. The zero-order valence-electron chi connectivity index (χ0n) is 15.3. The van der Waals surface area contributed by atoms with Crippen LogP contribution in [0.3, 0.4) is 0 Å². The summed E-state index contributed by atoms with van der Waals surface area (Å²) in [5, 5.41) is 13.1. The molecule has 1 aromatic carbocycles. The molecule has 1 saturated heterocycles. The summed E-state index contributed by atoms with van der Waals surface area (Å²) < 4.78 is 7.43. The SMILES string of the molecule is CN(CC(=O)O)CC1CN(C(=O)c2cnn(Cc3ccccc3)c2)CCO1. The van der Waals surface area contributed by atoms with Crippen molar-refractivity contribution in [2.24, 2.45) is 0 Å². The number of ether oxygens (including phenoxy) is 1. The van der Waals surface area contributed by atoms with Crippen molar-refractivity contribution in [2.45, 2.75) is 12.6 Å². The van der Waals surface area contributed by atoms with Crippen LogP contribution in [-0.4, -0.2) is 82.5 Å². The average Bonchev–Trinajstić information content (AvgIpc) is 3.10. The molecule has 2 heterocycles. The molecule has 0 saturated carbocycles. The van der Waals surface area contributed by atoms with Gasteiger partial charge in [-0.3, -0.25) is 19.2 Å². The van der Waals surface area contributed by atoms with Crippen molar-refractivity contribution in [1.82, 2.24) is 19.6 Å². The molecule has 1 unspecified atom stereocenters. The fraction of sp³-hybridized carbons (Fsp3) is 0.421. The molecule has 144 valence electrons. The predicted octanol–water partition coefficient (Wildman–Crippen LogP) is 0.789. The highest BCUT2D eigenvalue weighted by Gasteiger charge is 2.27. The summed E-state index contributed by atoms with van der Waals surface area (Å²) in [6.07, 6.45) is 3.15. The van der Waals surface area contributed by atoms with E-state index in [0.717, 1.165) is 5.56 Å². The molecule has 0 bridgehead atoms. The monoisotopic (exact) mass is 372 g/mol. The minimum atomic E-state index is -0.882. The van der Waals surface area contributed by atoms with Crippen molar-refractivity contribution in [2.75, 3.05) is 39.8 Å². The van der Waals surface area contributed by atoms with Gasteiger partial charge >= 0.3 is 5.97 Å². The molecule has 1 aliphatic heterocycles. The summed E-state index contributed by atoms with van der Waals surface area (Å²) in [7, 11) is 1.73. The van der Waals surface area contributed by atoms with Crippen LogP contribution < -0.4 is 0 Å². The third-order valence-corrected chi connectivity index (χ3v) is 4.41. The topological polar surface area (TPSA) is 87.9 Å². The number of benzene rings is 1. The Morgan fingerprint density at radius 2 is 2.11 bits per heavy atom. The van der Waals surface area contributed by atoms with Crippen LogP contribution in [0.1, 0.15) is 15.9 Å². The fourth-order valence-corrected chi connectivity index (χ4v) is 3.17. The molecule has 8 nitrogen and oxygen atoms in total. The molecule has 1 N–H and O–H groups in total. The Balaban J connectivity index is 1.58. The van der Waals surface area contributed by atoms with E-state index in [2.05, 4.69) is 5.10 Å². The Morgan fingerprint density at radius 1 is 1.33 bits per heavy atom. The number of carbonyl (C=O) groups excluding carboxylic acids is 1. The fourth-order valence-electron chi connectivity index (χ4n) is 3.17. The van der Waals surface area contributed by atoms with Crippen molar-refractivity contribution >= 4 is 11.9 Å². The van der Waals surface area contributed by atoms with E-state index in [9.17, 15) is 9.59 Å². The predicted molar refractivity (Wildman–Crippen MR) is 98.5 cm³/mol. The highest BCUT2D eigenvalue weighted by atomic mass is 16.5. The number of rotatable bonds is 7. The van der Waals surface area contributed by atoms with E-state index in [4.69, 9.17) is 9.84 Å². The average molecular weight is 372 g/mol. The van der Waals surface area contributed by atoms with Gasteiger partial charge in [0.25, 0.3) is 5.91 Å². The molecule has 1 amide bonds. The highest BCUT2D eigenvalue weighted by Crippen LogP contribution is 2.12. The van der Waals surface area contributed by atoms with E-state index in [1.807, 2.05) is 30.3 Å². The molecular formula is C19H24N4O4. The van der Waals surface area contributed by atoms with Gasteiger partial charge < -0.3 is 14.7 Å². The first-order valence-corrected chi connectivity index (χ1v) is 8.89. The van der Waals surface area contributed by atoms with E-state index < -0.39 is 5.97 Å². The second kappa shape index (κ2) is 8.79. The summed E-state index contributed by atoms with van der Waals surface area (Å²) in [5.41, 5.74) is 1.66. The maximum atomic E-state index is 12.8. The summed E-state index contributed by atoms with van der Waals surface area (Å²) >= 11 is 0. The zero-order valence-corrected chi connectivity index (χ0v) is 15.3. The number of carboxylic acids is 1. The van der Waals surface area contributed by atoms with E-state index >= 15 is 0 Å². The van der Waals surface area contributed by atoms with Gasteiger partial charge in [-0.1, -0.05) is 30.3 Å². The van der Waals surface area contributed by atoms with Crippen LogP contribution in [0.4, 0.5) is 0 Å². The van der Waals surface area contributed by atoms with Gasteiger partial charge in [0.15, 0.2) is 0 Å². The molecule has 0 radical (unpaired) electrons. The lowest BCUT2D eigenvalue weighted by Gasteiger charge is -2.34. The first-order chi connectivity index (χ1) is 13.0. The summed E-state index contributed by atoms with van der Waals surface area (Å²) in [6, 6.07) is 9.94. The third kappa shape index (κ3) is 5.38. The second-order valence-corrected chi connectivity index (χ2v) is 6.75. The van der Waals surface area contributed by atoms with Gasteiger partial charge in [-0.25, -0.2) is 0 Å². The maximum Gasteiger partial charge on any atom is 0.317 e. The third-order valence-electron chi connectivity index (χ3n) is 4.41. The van der Waals surface area contributed by atoms with Gasteiger partial charge in [-0.05, 0) is 12.6 Å². The number of amides is 1. The molecule has 1 fully saturated rings. The number of carboxylic acid groups (broad SMARTS) is 1. The minimum absolute atomic E-state index is 0.0555. The van der Waals surface area contributed by atoms with Crippen LogP contribution in [0.25, 0.3) is 0 Å². The molecule has 1 aromatic heterocycles. The summed E-state index contributed by atoms with van der Waals surface area (Å²) in [4.78, 5) is 27.0. The van der Waals surface area contributed by atoms with Crippen molar-refractivity contribution < 1.29 is 19.4 Å². The Kier molecular flexibility index (Phi) is 6.20. The summed E-state index contributed by atoms with van der Waals surface area (Å²) in [5.74, 6) is -0.962. The molecule has 0 aliphatic carbocycles. The molecular weight excluding hydrogens is 348 g/mol. The van der Waals surface area contributed by atoms with Crippen molar-refractivity contribution in [1.29, 1.82) is 0 Å². The van der Waals surface area contributed by atoms with Crippen molar-refractivity contribution in [3.05, 3.63) is 53.9 Å². The number of morpholine rings is 1. The quantitative estimate of drug-likeness (QED) is 0.773. The Morgan fingerprint density at radius 3 is 2.85 bits per heavy atom. The molecule has 27 heavy (non-hydrogen) atoms. The van der Waals surface area contributed by atoms with Gasteiger partial charge in [0.2, 0.25) is 0 Å². The highest BCUT2D eigenvalue weighted by molar-refractivity contribution is 5.93. The maximum absolute atomic E-state index is 12.8. The first kappa shape index (κ1) is 19.1. The smallest absolute Gasteiger partial charge is 0.317 e. The Bertz CT molecular complexity index is 777. The largest absolute Gasteiger partial charge is 0.480 e. The van der Waals surface area contributed by atoms with Crippen LogP contribution >= 0.6 is 0 Å². The van der Waals surface area contributed by atoms with Crippen LogP contribution in [0.5, 0.6) is 0 Å². The lowest BCUT2D eigenvalue weighted by Crippen LogP contribution is -2.49. The number of hydrogen-bond donors (Lipinski definition) is 1. The second-order valence-electron chi connectivity index (χ2n) is 6.75. The molecule has 0 spiro atoms. The summed E-state index contributed by atoms with van der Waals surface area (Å²) in [6.45, 7) is 2.41. The standard InChI is InChI=1S/C19H24N4O4/c1-21(14-18(24)25)12-17-13-22(7-8-27-17)19(26)16-9-20-23(11-16)10-15-5-3-2-4-6-15/h2-6,9,11,17H,7-8,10,12-14H2,1H3,(H,24,25). The van der Waals surface area contributed by atoms with Crippen LogP contribution in [0.2, 0.25) is 0 Å². The number of likely N-dealkylation sites (N-methyl/N-ethyl adjacent to an activating group) is 1. The van der Waals surface area contributed by atoms with E-state index in [1.54, 1.807) is 33.9 Å². The van der Waals surface area contributed by atoms with Gasteiger partial charge in [-0.2, -0.15) is 5.10 Å². The number of carbonyl (C=O) groups is 2. The van der Waals surface area contributed by atoms with Crippen LogP contribution in [0.15, 0.2) is 42.7 Å². The van der Waals surface area contributed by atoms with Crippen molar-refractivity contribution in [3.63, 3.8) is 0 Å². The zero-order chi connectivity index (χ0) is 19.2. The lowest BCUT2D eigenvalue weighted by atomic mass is 10.2. The first-order valence-electron chi connectivity index (χ1n) is 8.89. The molecule has 2 aromatic rings. The molecule has 8 heteroatoms. The van der Waals surface area contributed by atoms with Gasteiger partial charge in [0.05, 0.1) is 37.6 Å². The molecule has 3 rings (SSSR count). The van der Waals surface area contributed by atoms with Crippen molar-refractivity contribution in [3.8, 4) is 0 Å². The number of aromatic nitrogens is 2. The number of nitrogens with zero attached hydrogens (tertiary/aromatic N) is 4. The number of aliphatic carboxylic acids is 1. The Hall–Kier alpha value is -2.71. The number of hydrogen-bond acceptors (Lipinski definition) is 5. The van der Waals surface area contributed by atoms with Gasteiger partial charge in [0, 0.05) is 25.8 Å². The van der Waals surface area contributed by atoms with E-state index in [-0.39, 0.29) is 18.6 Å². The Labute approximate surface area is 157 Å². The van der Waals surface area contributed by atoms with Gasteiger partial charge in [0.1, 0.15) is 0 Å². The molecule has 1 atom stereocenters. The van der Waals surface area contributed by atoms with E-state index in [0.29, 0.717) is 38.3 Å². The van der Waals surface area contributed by atoms with E-state index in [1.165, 1.54) is 0 Å². The van der Waals surface area contributed by atoms with Crippen LogP contribution in [-0.2, 0) is 16.1 Å².